The lowest BCUT2D eigenvalue weighted by Gasteiger charge is -2.47. The lowest BCUT2D eigenvalue weighted by molar-refractivity contribution is -0.134. The standard InChI is InChI=1S/C31H44O3Si/c1-24(19-20-28(32)33-8)31(7)22-21-25(30(31,5)6)23-34-35(29(2,3)4,26-15-11-9-12-16-26)27-17-13-10-14-18-27/h9-20,24-25H,21-23H2,1-8H3. The van der Waals surface area contributed by atoms with Gasteiger partial charge in [-0.3, -0.25) is 0 Å². The zero-order chi connectivity index (χ0) is 25.9. The number of hydrogen-bond donors (Lipinski definition) is 0. The van der Waals surface area contributed by atoms with Crippen LogP contribution in [0.4, 0.5) is 0 Å². The third kappa shape index (κ3) is 5.06. The summed E-state index contributed by atoms with van der Waals surface area (Å²) in [6.45, 7) is 17.1. The first-order chi connectivity index (χ1) is 16.4. The predicted molar refractivity (Wildman–Crippen MR) is 149 cm³/mol. The third-order valence-electron chi connectivity index (χ3n) is 9.15. The Balaban J connectivity index is 1.95. The number of carbonyl (C=O) groups excluding carboxylic acids is 1. The normalized spacial score (nSPS) is 23.4. The Hall–Kier alpha value is -2.17. The van der Waals surface area contributed by atoms with Crippen LogP contribution in [0.15, 0.2) is 72.8 Å². The summed E-state index contributed by atoms with van der Waals surface area (Å²) in [5.41, 5.74) is 0.120. The first-order valence-electron chi connectivity index (χ1n) is 12.9. The van der Waals surface area contributed by atoms with Gasteiger partial charge in [-0.1, -0.05) is 115 Å². The van der Waals surface area contributed by atoms with Crippen LogP contribution in [-0.4, -0.2) is 28.0 Å². The molecule has 0 radical (unpaired) electrons. The molecule has 1 aliphatic rings. The van der Waals surface area contributed by atoms with Gasteiger partial charge in [-0.2, -0.15) is 0 Å². The summed E-state index contributed by atoms with van der Waals surface area (Å²) in [4.78, 5) is 11.7. The molecule has 0 N–H and O–H groups in total. The number of ether oxygens (including phenoxy) is 1. The Morgan fingerprint density at radius 3 is 2.00 bits per heavy atom. The topological polar surface area (TPSA) is 35.5 Å². The summed E-state index contributed by atoms with van der Waals surface area (Å²) < 4.78 is 12.1. The summed E-state index contributed by atoms with van der Waals surface area (Å²) in [5, 5.41) is 2.62. The molecule has 0 heterocycles. The fraction of sp³-hybridized carbons (Fsp3) is 0.516. The van der Waals surface area contributed by atoms with E-state index in [-0.39, 0.29) is 27.8 Å². The molecule has 0 aromatic heterocycles. The molecule has 0 saturated heterocycles. The van der Waals surface area contributed by atoms with Gasteiger partial charge in [0.05, 0.1) is 7.11 Å². The second-order valence-corrected chi connectivity index (χ2v) is 16.3. The molecule has 3 atom stereocenters. The number of hydrogen-bond acceptors (Lipinski definition) is 3. The Morgan fingerprint density at radius 2 is 1.54 bits per heavy atom. The summed E-state index contributed by atoms with van der Waals surface area (Å²) >= 11 is 0. The van der Waals surface area contributed by atoms with Gasteiger partial charge in [0, 0.05) is 12.7 Å². The zero-order valence-electron chi connectivity index (χ0n) is 22.9. The molecule has 3 nitrogen and oxygen atoms in total. The quantitative estimate of drug-likeness (QED) is 0.244. The SMILES string of the molecule is COC(=O)C=CC(C)C1(C)CCC(CO[Si](c2ccccc2)(c2ccccc2)C(C)(C)C)C1(C)C. The van der Waals surface area contributed by atoms with Crippen molar-refractivity contribution in [3.63, 3.8) is 0 Å². The van der Waals surface area contributed by atoms with Gasteiger partial charge in [0.1, 0.15) is 0 Å². The number of esters is 1. The fourth-order valence-corrected chi connectivity index (χ4v) is 10.8. The largest absolute Gasteiger partial charge is 0.466 e. The maximum absolute atomic E-state index is 11.7. The number of benzene rings is 2. The summed E-state index contributed by atoms with van der Waals surface area (Å²) in [6, 6.07) is 21.8. The Kier molecular flexibility index (Phi) is 8.18. The maximum atomic E-state index is 11.7. The molecule has 190 valence electrons. The summed E-state index contributed by atoms with van der Waals surface area (Å²) in [6.07, 6.45) is 5.84. The molecule has 3 rings (SSSR count). The van der Waals surface area contributed by atoms with Crippen LogP contribution in [0.5, 0.6) is 0 Å². The Morgan fingerprint density at radius 1 is 1.03 bits per heavy atom. The van der Waals surface area contributed by atoms with Crippen molar-refractivity contribution in [3.8, 4) is 0 Å². The molecule has 2 aromatic carbocycles. The van der Waals surface area contributed by atoms with E-state index in [4.69, 9.17) is 9.16 Å². The molecule has 0 bridgehead atoms. The van der Waals surface area contributed by atoms with Crippen LogP contribution >= 0.6 is 0 Å². The third-order valence-corrected chi connectivity index (χ3v) is 14.2. The van der Waals surface area contributed by atoms with Gasteiger partial charge >= 0.3 is 5.97 Å². The van der Waals surface area contributed by atoms with Gasteiger partial charge in [0.15, 0.2) is 0 Å². The Labute approximate surface area is 214 Å². The van der Waals surface area contributed by atoms with Crippen molar-refractivity contribution in [1.29, 1.82) is 0 Å². The van der Waals surface area contributed by atoms with E-state index in [0.29, 0.717) is 5.92 Å². The van der Waals surface area contributed by atoms with Crippen LogP contribution in [0.25, 0.3) is 0 Å². The van der Waals surface area contributed by atoms with E-state index >= 15 is 0 Å². The van der Waals surface area contributed by atoms with Crippen molar-refractivity contribution in [1.82, 2.24) is 0 Å². The van der Waals surface area contributed by atoms with E-state index in [1.807, 2.05) is 6.08 Å². The highest BCUT2D eigenvalue weighted by Gasteiger charge is 2.55. The van der Waals surface area contributed by atoms with Crippen molar-refractivity contribution < 1.29 is 14.0 Å². The van der Waals surface area contributed by atoms with Crippen LogP contribution in [0, 0.1) is 22.7 Å². The summed E-state index contributed by atoms with van der Waals surface area (Å²) in [5.74, 6) is 0.403. The molecule has 3 unspecified atom stereocenters. The monoisotopic (exact) mass is 492 g/mol. The van der Waals surface area contributed by atoms with Gasteiger partial charge in [0.2, 0.25) is 0 Å². The number of methoxy groups -OCH3 is 1. The molecule has 0 amide bonds. The minimum atomic E-state index is -2.56. The van der Waals surface area contributed by atoms with Crippen LogP contribution in [0.3, 0.4) is 0 Å². The van der Waals surface area contributed by atoms with Crippen LogP contribution in [0.1, 0.15) is 61.3 Å². The van der Waals surface area contributed by atoms with Gasteiger partial charge in [0.25, 0.3) is 8.32 Å². The van der Waals surface area contributed by atoms with E-state index in [0.717, 1.165) is 19.4 Å². The minimum absolute atomic E-state index is 0.0295. The van der Waals surface area contributed by atoms with Crippen molar-refractivity contribution in [2.75, 3.05) is 13.7 Å². The van der Waals surface area contributed by atoms with E-state index in [2.05, 4.69) is 109 Å². The fourth-order valence-electron chi connectivity index (χ4n) is 6.22. The molecular formula is C31H44O3Si. The Bertz CT molecular complexity index is 967. The van der Waals surface area contributed by atoms with Gasteiger partial charge < -0.3 is 9.16 Å². The van der Waals surface area contributed by atoms with Crippen LogP contribution in [0.2, 0.25) is 5.04 Å². The molecule has 0 aliphatic heterocycles. The molecule has 4 heteroatoms. The first kappa shape index (κ1) is 27.4. The minimum Gasteiger partial charge on any atom is -0.466 e. The highest BCUT2D eigenvalue weighted by molar-refractivity contribution is 6.99. The number of carbonyl (C=O) groups is 1. The van der Waals surface area contributed by atoms with Crippen molar-refractivity contribution >= 4 is 24.7 Å². The highest BCUT2D eigenvalue weighted by Crippen LogP contribution is 2.60. The van der Waals surface area contributed by atoms with Crippen molar-refractivity contribution in [2.24, 2.45) is 22.7 Å². The van der Waals surface area contributed by atoms with Gasteiger partial charge in [-0.15, -0.1) is 0 Å². The lowest BCUT2D eigenvalue weighted by atomic mass is 9.60. The number of rotatable bonds is 8. The van der Waals surface area contributed by atoms with E-state index in [1.54, 1.807) is 6.08 Å². The molecule has 1 aliphatic carbocycles. The molecule has 35 heavy (non-hydrogen) atoms. The maximum Gasteiger partial charge on any atom is 0.330 e. The first-order valence-corrected chi connectivity index (χ1v) is 14.8. The molecule has 2 aromatic rings. The predicted octanol–water partition coefficient (Wildman–Crippen LogP) is 6.37. The molecule has 1 fully saturated rings. The second kappa shape index (κ2) is 10.4. The van der Waals surface area contributed by atoms with Crippen molar-refractivity contribution in [3.05, 3.63) is 72.8 Å². The van der Waals surface area contributed by atoms with Gasteiger partial charge in [-0.25, -0.2) is 4.79 Å². The lowest BCUT2D eigenvalue weighted by Crippen LogP contribution is -2.67. The molecule has 0 spiro atoms. The highest BCUT2D eigenvalue weighted by atomic mass is 28.4. The molecule has 1 saturated carbocycles. The van der Waals surface area contributed by atoms with Crippen molar-refractivity contribution in [2.45, 2.75) is 66.3 Å². The summed E-state index contributed by atoms with van der Waals surface area (Å²) in [7, 11) is -1.14. The van der Waals surface area contributed by atoms with Gasteiger partial charge in [-0.05, 0) is 50.9 Å². The van der Waals surface area contributed by atoms with E-state index in [1.165, 1.54) is 17.5 Å². The van der Waals surface area contributed by atoms with E-state index < -0.39 is 8.32 Å². The number of allylic oxidation sites excluding steroid dienone is 1. The second-order valence-electron chi connectivity index (χ2n) is 12.0. The molecular weight excluding hydrogens is 448 g/mol. The van der Waals surface area contributed by atoms with E-state index in [9.17, 15) is 4.79 Å². The average Bonchev–Trinajstić information content (AvgIpc) is 3.07. The van der Waals surface area contributed by atoms with Crippen LogP contribution in [-0.2, 0) is 14.0 Å². The smallest absolute Gasteiger partial charge is 0.330 e. The van der Waals surface area contributed by atoms with Crippen LogP contribution < -0.4 is 10.4 Å². The zero-order valence-corrected chi connectivity index (χ0v) is 23.9. The average molecular weight is 493 g/mol.